The van der Waals surface area contributed by atoms with Gasteiger partial charge in [0.05, 0.1) is 12.9 Å². The number of carbonyl (C=O) groups is 1. The van der Waals surface area contributed by atoms with Crippen molar-refractivity contribution in [3.63, 3.8) is 0 Å². The molecule has 2 aromatic rings. The lowest BCUT2D eigenvalue weighted by Crippen LogP contribution is -2.35. The van der Waals surface area contributed by atoms with Crippen LogP contribution in [0.3, 0.4) is 0 Å². The van der Waals surface area contributed by atoms with Gasteiger partial charge < -0.3 is 14.6 Å². The Morgan fingerprint density at radius 1 is 1.28 bits per heavy atom. The normalized spacial score (nSPS) is 10.1. The van der Waals surface area contributed by atoms with Gasteiger partial charge >= 0.3 is 0 Å². The van der Waals surface area contributed by atoms with E-state index in [0.29, 0.717) is 12.4 Å². The number of benzene rings is 1. The Hall–Kier alpha value is -2.23. The van der Waals surface area contributed by atoms with Crippen molar-refractivity contribution in [2.75, 3.05) is 18.6 Å². The molecule has 0 aliphatic rings. The maximum absolute atomic E-state index is 11.7. The first-order chi connectivity index (χ1) is 8.66. The van der Waals surface area contributed by atoms with Crippen LogP contribution in [-0.4, -0.2) is 19.6 Å². The SMILES string of the molecule is Cc1ccc(N(C)CNC(=O)c2ccco2)cc1. The van der Waals surface area contributed by atoms with Crippen LogP contribution in [0.25, 0.3) is 0 Å². The van der Waals surface area contributed by atoms with Gasteiger partial charge in [-0.3, -0.25) is 4.79 Å². The lowest BCUT2D eigenvalue weighted by Gasteiger charge is -2.19. The molecule has 0 bridgehead atoms. The summed E-state index contributed by atoms with van der Waals surface area (Å²) in [6.45, 7) is 2.48. The highest BCUT2D eigenvalue weighted by atomic mass is 16.3. The van der Waals surface area contributed by atoms with E-state index in [-0.39, 0.29) is 5.91 Å². The number of furan rings is 1. The molecule has 2 rings (SSSR count). The Bertz CT molecular complexity index is 503. The molecule has 4 heteroatoms. The van der Waals surface area contributed by atoms with Crippen molar-refractivity contribution < 1.29 is 9.21 Å². The van der Waals surface area contributed by atoms with E-state index in [1.807, 2.05) is 43.1 Å². The lowest BCUT2D eigenvalue weighted by molar-refractivity contribution is 0.0926. The molecular weight excluding hydrogens is 228 g/mol. The van der Waals surface area contributed by atoms with Crippen molar-refractivity contribution in [1.29, 1.82) is 0 Å². The number of hydrogen-bond acceptors (Lipinski definition) is 3. The highest BCUT2D eigenvalue weighted by Gasteiger charge is 2.08. The van der Waals surface area contributed by atoms with Gasteiger partial charge in [-0.1, -0.05) is 17.7 Å². The highest BCUT2D eigenvalue weighted by Crippen LogP contribution is 2.12. The summed E-state index contributed by atoms with van der Waals surface area (Å²) in [5.74, 6) is 0.117. The van der Waals surface area contributed by atoms with Crippen LogP contribution < -0.4 is 10.2 Å². The van der Waals surface area contributed by atoms with E-state index >= 15 is 0 Å². The Morgan fingerprint density at radius 3 is 2.61 bits per heavy atom. The fourth-order valence-corrected chi connectivity index (χ4v) is 1.58. The smallest absolute Gasteiger partial charge is 0.288 e. The fourth-order valence-electron chi connectivity index (χ4n) is 1.58. The molecule has 1 aromatic carbocycles. The lowest BCUT2D eigenvalue weighted by atomic mass is 10.2. The summed E-state index contributed by atoms with van der Waals surface area (Å²) in [7, 11) is 1.92. The second-order valence-electron chi connectivity index (χ2n) is 4.17. The summed E-state index contributed by atoms with van der Waals surface area (Å²) in [6, 6.07) is 11.5. The van der Waals surface area contributed by atoms with Crippen molar-refractivity contribution in [3.05, 3.63) is 54.0 Å². The van der Waals surface area contributed by atoms with E-state index in [4.69, 9.17) is 4.42 Å². The average molecular weight is 244 g/mol. The second kappa shape index (κ2) is 5.40. The third kappa shape index (κ3) is 2.91. The van der Waals surface area contributed by atoms with E-state index in [0.717, 1.165) is 5.69 Å². The largest absolute Gasteiger partial charge is 0.459 e. The topological polar surface area (TPSA) is 45.5 Å². The van der Waals surface area contributed by atoms with Crippen molar-refractivity contribution in [3.8, 4) is 0 Å². The molecule has 1 aromatic heterocycles. The Kier molecular flexibility index (Phi) is 3.67. The third-order valence-electron chi connectivity index (χ3n) is 2.70. The molecule has 0 unspecified atom stereocenters. The zero-order valence-corrected chi connectivity index (χ0v) is 10.5. The van der Waals surface area contributed by atoms with Gasteiger partial charge in [-0.05, 0) is 31.2 Å². The summed E-state index contributed by atoms with van der Waals surface area (Å²) in [6.07, 6.45) is 1.48. The zero-order chi connectivity index (χ0) is 13.0. The van der Waals surface area contributed by atoms with Crippen LogP contribution in [0.5, 0.6) is 0 Å². The zero-order valence-electron chi connectivity index (χ0n) is 10.5. The first-order valence-corrected chi connectivity index (χ1v) is 5.76. The first-order valence-electron chi connectivity index (χ1n) is 5.76. The molecule has 0 radical (unpaired) electrons. The molecule has 4 nitrogen and oxygen atoms in total. The molecule has 1 heterocycles. The van der Waals surface area contributed by atoms with Gasteiger partial charge in [0.15, 0.2) is 5.76 Å². The monoisotopic (exact) mass is 244 g/mol. The molecule has 0 saturated heterocycles. The van der Waals surface area contributed by atoms with Crippen LogP contribution in [0.15, 0.2) is 47.1 Å². The molecule has 94 valence electrons. The van der Waals surface area contributed by atoms with Crippen LogP contribution >= 0.6 is 0 Å². The molecule has 0 aliphatic heterocycles. The number of carbonyl (C=O) groups excluding carboxylic acids is 1. The Labute approximate surface area is 106 Å². The molecule has 18 heavy (non-hydrogen) atoms. The highest BCUT2D eigenvalue weighted by molar-refractivity contribution is 5.91. The van der Waals surface area contributed by atoms with E-state index < -0.39 is 0 Å². The van der Waals surface area contributed by atoms with Gasteiger partial charge in [0.1, 0.15) is 0 Å². The average Bonchev–Trinajstić information content (AvgIpc) is 2.90. The summed E-state index contributed by atoms with van der Waals surface area (Å²) >= 11 is 0. The van der Waals surface area contributed by atoms with Gasteiger partial charge in [0.25, 0.3) is 5.91 Å². The number of nitrogens with one attached hydrogen (secondary N) is 1. The molecular formula is C14H16N2O2. The quantitative estimate of drug-likeness (QED) is 0.840. The summed E-state index contributed by atoms with van der Waals surface area (Å²) in [5.41, 5.74) is 2.27. The minimum Gasteiger partial charge on any atom is -0.459 e. The Morgan fingerprint density at radius 2 is 2.00 bits per heavy atom. The number of rotatable bonds is 4. The predicted octanol–water partition coefficient (Wildman–Crippen LogP) is 2.41. The minimum atomic E-state index is -0.209. The van der Waals surface area contributed by atoms with Gasteiger partial charge in [0, 0.05) is 12.7 Å². The number of hydrogen-bond donors (Lipinski definition) is 1. The van der Waals surface area contributed by atoms with Crippen LogP contribution in [0.2, 0.25) is 0 Å². The molecule has 0 atom stereocenters. The molecule has 0 aliphatic carbocycles. The van der Waals surface area contributed by atoms with E-state index in [1.165, 1.54) is 11.8 Å². The van der Waals surface area contributed by atoms with Gasteiger partial charge in [-0.15, -0.1) is 0 Å². The molecule has 0 fully saturated rings. The van der Waals surface area contributed by atoms with Crippen molar-refractivity contribution in [1.82, 2.24) is 5.32 Å². The van der Waals surface area contributed by atoms with Gasteiger partial charge in [-0.25, -0.2) is 0 Å². The fraction of sp³-hybridized carbons (Fsp3) is 0.214. The molecule has 1 N–H and O–H groups in total. The number of anilines is 1. The maximum atomic E-state index is 11.7. The first kappa shape index (κ1) is 12.2. The van der Waals surface area contributed by atoms with Crippen LogP contribution in [0, 0.1) is 6.92 Å². The minimum absolute atomic E-state index is 0.209. The van der Waals surface area contributed by atoms with Crippen molar-refractivity contribution in [2.24, 2.45) is 0 Å². The van der Waals surface area contributed by atoms with Crippen LogP contribution in [0.4, 0.5) is 5.69 Å². The Balaban J connectivity index is 1.90. The summed E-state index contributed by atoms with van der Waals surface area (Å²) < 4.78 is 5.02. The predicted molar refractivity (Wildman–Crippen MR) is 70.6 cm³/mol. The van der Waals surface area contributed by atoms with Crippen LogP contribution in [-0.2, 0) is 0 Å². The standard InChI is InChI=1S/C14H16N2O2/c1-11-5-7-12(8-6-11)16(2)10-15-14(17)13-4-3-9-18-13/h3-9H,10H2,1-2H3,(H,15,17). The number of nitrogens with zero attached hydrogens (tertiary/aromatic N) is 1. The van der Waals surface area contributed by atoms with E-state index in [9.17, 15) is 4.79 Å². The number of aryl methyl sites for hydroxylation is 1. The molecule has 0 spiro atoms. The third-order valence-corrected chi connectivity index (χ3v) is 2.70. The van der Waals surface area contributed by atoms with Gasteiger partial charge in [-0.2, -0.15) is 0 Å². The van der Waals surface area contributed by atoms with Crippen LogP contribution in [0.1, 0.15) is 16.1 Å². The van der Waals surface area contributed by atoms with Crippen molar-refractivity contribution in [2.45, 2.75) is 6.92 Å². The summed E-state index contributed by atoms with van der Waals surface area (Å²) in [5, 5.41) is 2.79. The maximum Gasteiger partial charge on any atom is 0.288 e. The van der Waals surface area contributed by atoms with Gasteiger partial charge in [0.2, 0.25) is 0 Å². The molecule has 0 saturated carbocycles. The summed E-state index contributed by atoms with van der Waals surface area (Å²) in [4.78, 5) is 13.6. The molecule has 1 amide bonds. The number of amides is 1. The van der Waals surface area contributed by atoms with E-state index in [2.05, 4.69) is 5.32 Å². The van der Waals surface area contributed by atoms with E-state index in [1.54, 1.807) is 12.1 Å². The second-order valence-corrected chi connectivity index (χ2v) is 4.17. The van der Waals surface area contributed by atoms with Crippen molar-refractivity contribution >= 4 is 11.6 Å².